The molecule has 0 radical (unpaired) electrons. The Bertz CT molecular complexity index is 1380. The minimum atomic E-state index is -0.0342. The fourth-order valence-electron chi connectivity index (χ4n) is 4.19. The molecular formula is C26H25N3O3S2. The predicted molar refractivity (Wildman–Crippen MR) is 137 cm³/mol. The minimum Gasteiger partial charge on any atom is -0.497 e. The van der Waals surface area contributed by atoms with E-state index in [2.05, 4.69) is 5.32 Å². The van der Waals surface area contributed by atoms with Gasteiger partial charge in [0.25, 0.3) is 5.56 Å². The first-order valence-corrected chi connectivity index (χ1v) is 13.1. The van der Waals surface area contributed by atoms with Crippen molar-refractivity contribution in [3.05, 3.63) is 81.0 Å². The van der Waals surface area contributed by atoms with Crippen molar-refractivity contribution in [1.82, 2.24) is 14.9 Å². The standard InChI is InChI=1S/C26H25N3O3S2/c1-32-19-12-10-17(11-13-19)16-27-22(30)14-15-33-26-28-24-23(20-8-5-9-21(20)34-24)25(31)29(26)18-6-3-2-4-7-18/h2-4,6-7,10-13H,5,8-9,14-16H2,1H3,(H,27,30). The molecule has 2 aromatic heterocycles. The molecule has 1 aliphatic carbocycles. The highest BCUT2D eigenvalue weighted by molar-refractivity contribution is 7.99. The number of rotatable bonds is 8. The van der Waals surface area contributed by atoms with Gasteiger partial charge in [-0.25, -0.2) is 4.98 Å². The van der Waals surface area contributed by atoms with Gasteiger partial charge in [0.1, 0.15) is 10.6 Å². The zero-order valence-corrected chi connectivity index (χ0v) is 20.5. The molecule has 0 saturated heterocycles. The number of nitrogens with zero attached hydrogens (tertiary/aromatic N) is 2. The number of nitrogens with one attached hydrogen (secondary N) is 1. The molecule has 8 heteroatoms. The van der Waals surface area contributed by atoms with Gasteiger partial charge in [0.05, 0.1) is 18.2 Å². The quantitative estimate of drug-likeness (QED) is 0.285. The van der Waals surface area contributed by atoms with Crippen LogP contribution in [0.4, 0.5) is 0 Å². The van der Waals surface area contributed by atoms with Crippen molar-refractivity contribution in [1.29, 1.82) is 0 Å². The SMILES string of the molecule is COc1ccc(CNC(=O)CCSc2nc3sc4c(c3c(=O)n2-c2ccccc2)CCC4)cc1. The van der Waals surface area contributed by atoms with Crippen LogP contribution in [0.25, 0.3) is 15.9 Å². The number of para-hydroxylation sites is 1. The molecule has 0 spiro atoms. The van der Waals surface area contributed by atoms with Crippen LogP contribution in [-0.2, 0) is 24.2 Å². The number of carbonyl (C=O) groups is 1. The van der Waals surface area contributed by atoms with Gasteiger partial charge in [-0.05, 0) is 54.7 Å². The summed E-state index contributed by atoms with van der Waals surface area (Å²) < 4.78 is 6.87. The molecule has 1 amide bonds. The molecule has 2 aromatic carbocycles. The molecule has 0 bridgehead atoms. The van der Waals surface area contributed by atoms with Crippen molar-refractivity contribution in [3.63, 3.8) is 0 Å². The molecular weight excluding hydrogens is 466 g/mol. The summed E-state index contributed by atoms with van der Waals surface area (Å²) in [5.74, 6) is 1.29. The van der Waals surface area contributed by atoms with Crippen LogP contribution in [0.15, 0.2) is 64.5 Å². The predicted octanol–water partition coefficient (Wildman–Crippen LogP) is 4.74. The van der Waals surface area contributed by atoms with E-state index in [0.29, 0.717) is 23.9 Å². The van der Waals surface area contributed by atoms with Gasteiger partial charge in [0.2, 0.25) is 5.91 Å². The Morgan fingerprint density at radius 3 is 2.71 bits per heavy atom. The van der Waals surface area contributed by atoms with Gasteiger partial charge < -0.3 is 10.1 Å². The summed E-state index contributed by atoms with van der Waals surface area (Å²) in [5.41, 5.74) is 2.97. The lowest BCUT2D eigenvalue weighted by molar-refractivity contribution is -0.120. The van der Waals surface area contributed by atoms with E-state index in [9.17, 15) is 9.59 Å². The molecule has 1 N–H and O–H groups in total. The lowest BCUT2D eigenvalue weighted by Crippen LogP contribution is -2.24. The molecule has 4 aromatic rings. The highest BCUT2D eigenvalue weighted by Gasteiger charge is 2.24. The Hall–Kier alpha value is -3.10. The van der Waals surface area contributed by atoms with E-state index in [1.807, 2.05) is 54.6 Å². The highest BCUT2D eigenvalue weighted by Crippen LogP contribution is 2.36. The van der Waals surface area contributed by atoms with Crippen LogP contribution in [0.1, 0.15) is 28.8 Å². The summed E-state index contributed by atoms with van der Waals surface area (Å²) in [4.78, 5) is 33.0. The molecule has 5 rings (SSSR count). The molecule has 1 aliphatic rings. The molecule has 2 heterocycles. The summed E-state index contributed by atoms with van der Waals surface area (Å²) in [7, 11) is 1.63. The Kier molecular flexibility index (Phi) is 6.69. The maximum absolute atomic E-state index is 13.6. The molecule has 0 aliphatic heterocycles. The van der Waals surface area contributed by atoms with E-state index in [1.165, 1.54) is 22.2 Å². The third-order valence-electron chi connectivity index (χ3n) is 5.93. The van der Waals surface area contributed by atoms with Crippen LogP contribution in [0.5, 0.6) is 5.75 Å². The third-order valence-corrected chi connectivity index (χ3v) is 8.06. The third kappa shape index (κ3) is 4.60. The van der Waals surface area contributed by atoms with Crippen LogP contribution in [0.3, 0.4) is 0 Å². The fourth-order valence-corrected chi connectivity index (χ4v) is 6.45. The maximum Gasteiger partial charge on any atom is 0.267 e. The van der Waals surface area contributed by atoms with E-state index in [-0.39, 0.29) is 11.5 Å². The number of hydrogen-bond donors (Lipinski definition) is 1. The highest BCUT2D eigenvalue weighted by atomic mass is 32.2. The number of thiophene rings is 1. The molecule has 0 fully saturated rings. The Balaban J connectivity index is 1.32. The average Bonchev–Trinajstić information content (AvgIpc) is 3.45. The molecule has 6 nitrogen and oxygen atoms in total. The molecule has 0 unspecified atom stereocenters. The minimum absolute atomic E-state index is 0.0120. The number of aromatic nitrogens is 2. The monoisotopic (exact) mass is 491 g/mol. The first kappa shape index (κ1) is 22.7. The van der Waals surface area contributed by atoms with Crippen molar-refractivity contribution >= 4 is 39.2 Å². The van der Waals surface area contributed by atoms with Gasteiger partial charge in [-0.2, -0.15) is 0 Å². The molecule has 174 valence electrons. The van der Waals surface area contributed by atoms with Crippen LogP contribution in [0.2, 0.25) is 0 Å². The van der Waals surface area contributed by atoms with Gasteiger partial charge in [-0.15, -0.1) is 11.3 Å². The van der Waals surface area contributed by atoms with E-state index >= 15 is 0 Å². The topological polar surface area (TPSA) is 73.2 Å². The van der Waals surface area contributed by atoms with E-state index < -0.39 is 0 Å². The first-order valence-electron chi connectivity index (χ1n) is 11.3. The van der Waals surface area contributed by atoms with Gasteiger partial charge >= 0.3 is 0 Å². The summed E-state index contributed by atoms with van der Waals surface area (Å²) in [5, 5.41) is 4.35. The number of carbonyl (C=O) groups excluding carboxylic acids is 1. The van der Waals surface area contributed by atoms with Crippen LogP contribution in [-0.4, -0.2) is 28.3 Å². The van der Waals surface area contributed by atoms with Crippen LogP contribution < -0.4 is 15.6 Å². The summed E-state index contributed by atoms with van der Waals surface area (Å²) >= 11 is 3.09. The fraction of sp³-hybridized carbons (Fsp3) is 0.269. The maximum atomic E-state index is 13.6. The van der Waals surface area contributed by atoms with Gasteiger partial charge in [-0.3, -0.25) is 14.2 Å². The number of aryl methyl sites for hydroxylation is 2. The van der Waals surface area contributed by atoms with Crippen molar-refractivity contribution in [3.8, 4) is 11.4 Å². The normalized spacial score (nSPS) is 12.6. The number of amides is 1. The van der Waals surface area contributed by atoms with Crippen LogP contribution >= 0.6 is 23.1 Å². The number of hydrogen-bond acceptors (Lipinski definition) is 6. The first-order chi connectivity index (χ1) is 16.6. The number of thioether (sulfide) groups is 1. The number of methoxy groups -OCH3 is 1. The van der Waals surface area contributed by atoms with Crippen LogP contribution in [0, 0.1) is 0 Å². The van der Waals surface area contributed by atoms with Gasteiger partial charge in [-0.1, -0.05) is 42.1 Å². The smallest absolute Gasteiger partial charge is 0.267 e. The lowest BCUT2D eigenvalue weighted by Gasteiger charge is -2.12. The van der Waals surface area contributed by atoms with Crippen molar-refractivity contribution in [2.24, 2.45) is 0 Å². The zero-order valence-electron chi connectivity index (χ0n) is 18.9. The van der Waals surface area contributed by atoms with Gasteiger partial charge in [0, 0.05) is 23.6 Å². The number of fused-ring (bicyclic) bond motifs is 3. The second-order valence-corrected chi connectivity index (χ2v) is 10.3. The summed E-state index contributed by atoms with van der Waals surface area (Å²) in [6.45, 7) is 0.465. The van der Waals surface area contributed by atoms with Crippen molar-refractivity contribution < 1.29 is 9.53 Å². The van der Waals surface area contributed by atoms with E-state index in [4.69, 9.17) is 9.72 Å². The second-order valence-electron chi connectivity index (χ2n) is 8.13. The Labute approximate surface area is 206 Å². The Morgan fingerprint density at radius 1 is 1.15 bits per heavy atom. The van der Waals surface area contributed by atoms with Crippen molar-refractivity contribution in [2.45, 2.75) is 37.4 Å². The number of ether oxygens (including phenoxy) is 1. The van der Waals surface area contributed by atoms with Gasteiger partial charge in [0.15, 0.2) is 5.16 Å². The zero-order chi connectivity index (χ0) is 23.5. The molecule has 0 atom stereocenters. The van der Waals surface area contributed by atoms with E-state index in [0.717, 1.165) is 46.5 Å². The van der Waals surface area contributed by atoms with E-state index in [1.54, 1.807) is 23.0 Å². The molecule has 34 heavy (non-hydrogen) atoms. The molecule has 0 saturated carbocycles. The van der Waals surface area contributed by atoms with Crippen molar-refractivity contribution in [2.75, 3.05) is 12.9 Å². The average molecular weight is 492 g/mol. The largest absolute Gasteiger partial charge is 0.497 e. The summed E-state index contributed by atoms with van der Waals surface area (Å²) in [6, 6.07) is 17.2. The summed E-state index contributed by atoms with van der Waals surface area (Å²) in [6.07, 6.45) is 3.41. The Morgan fingerprint density at radius 2 is 1.94 bits per heavy atom. The number of benzene rings is 2. The lowest BCUT2D eigenvalue weighted by atomic mass is 10.2. The second kappa shape index (κ2) is 10.0.